The summed E-state index contributed by atoms with van der Waals surface area (Å²) >= 11 is 0. The number of likely N-dealkylation sites (tertiary alicyclic amines) is 2. The number of benzene rings is 1. The van der Waals surface area contributed by atoms with E-state index >= 15 is 0 Å². The van der Waals surface area contributed by atoms with Gasteiger partial charge in [0.25, 0.3) is 0 Å². The maximum Gasteiger partial charge on any atom is 0.227 e. The van der Waals surface area contributed by atoms with Gasteiger partial charge >= 0.3 is 0 Å². The zero-order valence-corrected chi connectivity index (χ0v) is 19.2. The summed E-state index contributed by atoms with van der Waals surface area (Å²) in [5, 5.41) is 0. The Bertz CT molecular complexity index is 984. The minimum atomic E-state index is -0.210. The van der Waals surface area contributed by atoms with Gasteiger partial charge in [-0.2, -0.15) is 0 Å². The highest BCUT2D eigenvalue weighted by atomic mass is 16.5. The van der Waals surface area contributed by atoms with E-state index in [0.717, 1.165) is 35.4 Å². The van der Waals surface area contributed by atoms with E-state index in [2.05, 4.69) is 4.98 Å². The zero-order chi connectivity index (χ0) is 22.8. The van der Waals surface area contributed by atoms with Crippen LogP contribution in [0.4, 0.5) is 5.95 Å². The third-order valence-electron chi connectivity index (χ3n) is 6.49. The first kappa shape index (κ1) is 22.0. The quantitative estimate of drug-likeness (QED) is 0.715. The normalized spacial score (nSPS) is 19.4. The van der Waals surface area contributed by atoms with Gasteiger partial charge in [-0.25, -0.2) is 9.97 Å². The SMILES string of the molecule is COc1ccc(-c2cnc(N(C)C)nc2C2CCN(C(=O)[C@@H]3CC(=O)N(C)C3)CC2)cc1. The Balaban J connectivity index is 1.53. The Morgan fingerprint density at radius 2 is 1.84 bits per heavy atom. The molecule has 2 aliphatic rings. The van der Waals surface area contributed by atoms with Gasteiger partial charge in [0.1, 0.15) is 5.75 Å². The Morgan fingerprint density at radius 1 is 1.16 bits per heavy atom. The minimum absolute atomic E-state index is 0.0552. The molecule has 8 heteroatoms. The summed E-state index contributed by atoms with van der Waals surface area (Å²) in [7, 11) is 7.30. The molecule has 0 N–H and O–H groups in total. The van der Waals surface area contributed by atoms with Crippen LogP contribution in [-0.4, -0.2) is 79.5 Å². The van der Waals surface area contributed by atoms with E-state index in [1.54, 1.807) is 19.1 Å². The van der Waals surface area contributed by atoms with Gasteiger partial charge in [-0.3, -0.25) is 9.59 Å². The average molecular weight is 438 g/mol. The summed E-state index contributed by atoms with van der Waals surface area (Å²) in [6, 6.07) is 7.95. The van der Waals surface area contributed by atoms with Crippen LogP contribution < -0.4 is 9.64 Å². The van der Waals surface area contributed by atoms with Crippen LogP contribution in [0.2, 0.25) is 0 Å². The molecular weight excluding hydrogens is 406 g/mol. The number of aromatic nitrogens is 2. The maximum atomic E-state index is 12.9. The number of piperidine rings is 1. The largest absolute Gasteiger partial charge is 0.497 e. The Morgan fingerprint density at radius 3 is 2.41 bits per heavy atom. The standard InChI is InChI=1S/C24H31N5O3/c1-27(2)24-25-14-20(16-5-7-19(32-4)8-6-16)22(26-24)17-9-11-29(12-10-17)23(31)18-13-21(30)28(3)15-18/h5-8,14,17-18H,9-13,15H2,1-4H3/t18-/m1/s1. The molecule has 4 rings (SSSR count). The number of hydrogen-bond donors (Lipinski definition) is 0. The van der Waals surface area contributed by atoms with Crippen molar-refractivity contribution in [3.8, 4) is 16.9 Å². The first-order chi connectivity index (χ1) is 15.4. The first-order valence-corrected chi connectivity index (χ1v) is 11.1. The predicted octanol–water partition coefficient (Wildman–Crippen LogP) is 2.40. The molecule has 2 aromatic rings. The van der Waals surface area contributed by atoms with Gasteiger partial charge in [-0.15, -0.1) is 0 Å². The predicted molar refractivity (Wildman–Crippen MR) is 123 cm³/mol. The number of carbonyl (C=O) groups is 2. The van der Waals surface area contributed by atoms with Crippen LogP contribution in [0.15, 0.2) is 30.5 Å². The lowest BCUT2D eigenvalue weighted by Gasteiger charge is -2.34. The van der Waals surface area contributed by atoms with E-state index < -0.39 is 0 Å². The van der Waals surface area contributed by atoms with E-state index in [1.165, 1.54) is 0 Å². The van der Waals surface area contributed by atoms with Crippen molar-refractivity contribution in [3.05, 3.63) is 36.2 Å². The highest BCUT2D eigenvalue weighted by Gasteiger charge is 2.36. The third-order valence-corrected chi connectivity index (χ3v) is 6.49. The molecule has 0 spiro atoms. The van der Waals surface area contributed by atoms with Gasteiger partial charge in [-0.1, -0.05) is 12.1 Å². The molecule has 2 amide bonds. The summed E-state index contributed by atoms with van der Waals surface area (Å²) in [5.74, 6) is 1.68. The fourth-order valence-electron chi connectivity index (χ4n) is 4.57. The second-order valence-electron chi connectivity index (χ2n) is 8.87. The lowest BCUT2D eigenvalue weighted by molar-refractivity contribution is -0.136. The number of ether oxygens (including phenoxy) is 1. The van der Waals surface area contributed by atoms with Gasteiger partial charge in [0.2, 0.25) is 17.8 Å². The third kappa shape index (κ3) is 4.40. The molecule has 0 radical (unpaired) electrons. The topological polar surface area (TPSA) is 78.9 Å². The van der Waals surface area contributed by atoms with Gasteiger partial charge in [0, 0.05) is 64.9 Å². The zero-order valence-electron chi connectivity index (χ0n) is 19.2. The van der Waals surface area contributed by atoms with E-state index in [4.69, 9.17) is 9.72 Å². The molecule has 32 heavy (non-hydrogen) atoms. The fourth-order valence-corrected chi connectivity index (χ4v) is 4.57. The molecule has 0 unspecified atom stereocenters. The molecule has 1 aromatic heterocycles. The lowest BCUT2D eigenvalue weighted by Crippen LogP contribution is -2.42. The molecule has 2 aliphatic heterocycles. The monoisotopic (exact) mass is 437 g/mol. The van der Waals surface area contributed by atoms with Gasteiger partial charge in [-0.05, 0) is 30.5 Å². The maximum absolute atomic E-state index is 12.9. The molecular formula is C24H31N5O3. The molecule has 2 fully saturated rings. The van der Waals surface area contributed by atoms with Crippen molar-refractivity contribution >= 4 is 17.8 Å². The Kier molecular flexibility index (Phi) is 6.30. The molecule has 1 atom stereocenters. The van der Waals surface area contributed by atoms with Crippen molar-refractivity contribution in [2.24, 2.45) is 5.92 Å². The van der Waals surface area contributed by atoms with Crippen LogP contribution in [0.1, 0.15) is 30.9 Å². The summed E-state index contributed by atoms with van der Waals surface area (Å²) in [6.07, 6.45) is 3.91. The van der Waals surface area contributed by atoms with E-state index in [-0.39, 0.29) is 23.7 Å². The highest BCUT2D eigenvalue weighted by Crippen LogP contribution is 2.36. The minimum Gasteiger partial charge on any atom is -0.497 e. The highest BCUT2D eigenvalue weighted by molar-refractivity contribution is 5.89. The lowest BCUT2D eigenvalue weighted by atomic mass is 9.88. The van der Waals surface area contributed by atoms with Crippen molar-refractivity contribution in [1.29, 1.82) is 0 Å². The number of rotatable bonds is 5. The number of hydrogen-bond acceptors (Lipinski definition) is 6. The summed E-state index contributed by atoms with van der Waals surface area (Å²) in [6.45, 7) is 1.89. The number of anilines is 1. The van der Waals surface area contributed by atoms with Crippen molar-refractivity contribution in [1.82, 2.24) is 19.8 Å². The number of amides is 2. The summed E-state index contributed by atoms with van der Waals surface area (Å²) in [5.41, 5.74) is 3.10. The van der Waals surface area contributed by atoms with Crippen molar-refractivity contribution in [2.45, 2.75) is 25.2 Å². The smallest absolute Gasteiger partial charge is 0.227 e. The molecule has 0 saturated carbocycles. The van der Waals surface area contributed by atoms with Crippen LogP contribution >= 0.6 is 0 Å². The van der Waals surface area contributed by atoms with Crippen LogP contribution in [0.25, 0.3) is 11.1 Å². The van der Waals surface area contributed by atoms with Crippen LogP contribution in [0.5, 0.6) is 5.75 Å². The molecule has 1 aromatic carbocycles. The Labute approximate surface area is 189 Å². The molecule has 170 valence electrons. The summed E-state index contributed by atoms with van der Waals surface area (Å²) in [4.78, 5) is 39.7. The fraction of sp³-hybridized carbons (Fsp3) is 0.500. The Hall–Kier alpha value is -3.16. The molecule has 3 heterocycles. The van der Waals surface area contributed by atoms with E-state index in [1.807, 2.05) is 54.4 Å². The molecule has 0 bridgehead atoms. The second kappa shape index (κ2) is 9.14. The van der Waals surface area contributed by atoms with Gasteiger partial charge in [0.05, 0.1) is 18.7 Å². The van der Waals surface area contributed by atoms with Gasteiger partial charge < -0.3 is 19.4 Å². The van der Waals surface area contributed by atoms with Crippen molar-refractivity contribution in [3.63, 3.8) is 0 Å². The summed E-state index contributed by atoms with van der Waals surface area (Å²) < 4.78 is 5.29. The van der Waals surface area contributed by atoms with Crippen molar-refractivity contribution in [2.75, 3.05) is 52.8 Å². The number of methoxy groups -OCH3 is 1. The van der Waals surface area contributed by atoms with E-state index in [0.29, 0.717) is 32.0 Å². The molecule has 0 aliphatic carbocycles. The van der Waals surface area contributed by atoms with Crippen LogP contribution in [0, 0.1) is 5.92 Å². The van der Waals surface area contributed by atoms with Crippen LogP contribution in [-0.2, 0) is 9.59 Å². The van der Waals surface area contributed by atoms with Crippen molar-refractivity contribution < 1.29 is 14.3 Å². The average Bonchev–Trinajstić information content (AvgIpc) is 3.16. The molecule has 8 nitrogen and oxygen atoms in total. The van der Waals surface area contributed by atoms with Gasteiger partial charge in [0.15, 0.2) is 0 Å². The van der Waals surface area contributed by atoms with E-state index in [9.17, 15) is 9.59 Å². The number of carbonyl (C=O) groups excluding carboxylic acids is 2. The molecule has 2 saturated heterocycles. The van der Waals surface area contributed by atoms with Crippen LogP contribution in [0.3, 0.4) is 0 Å². The first-order valence-electron chi connectivity index (χ1n) is 11.1. The second-order valence-corrected chi connectivity index (χ2v) is 8.87. The number of nitrogens with zero attached hydrogens (tertiary/aromatic N) is 5.